The second-order valence-corrected chi connectivity index (χ2v) is 6.43. The fraction of sp³-hybridized carbons (Fsp3) is 0.647. The Morgan fingerprint density at radius 1 is 1.12 bits per heavy atom. The smallest absolute Gasteiger partial charge is 0.387 e. The molecule has 0 radical (unpaired) electrons. The summed E-state index contributed by atoms with van der Waals surface area (Å²) in [5.41, 5.74) is -0.590. The molecular formula is C17H26F2O5. The molecule has 24 heavy (non-hydrogen) atoms. The van der Waals surface area contributed by atoms with Gasteiger partial charge in [-0.05, 0) is 45.4 Å². The van der Waals surface area contributed by atoms with Crippen molar-refractivity contribution in [2.24, 2.45) is 0 Å². The van der Waals surface area contributed by atoms with Gasteiger partial charge < -0.3 is 24.1 Å². The number of methoxy groups -OCH3 is 1. The van der Waals surface area contributed by atoms with Crippen molar-refractivity contribution < 1.29 is 32.8 Å². The molecule has 1 N–H and O–H groups in total. The Bertz CT molecular complexity index is 512. The number of halogens is 2. The number of hydrogen-bond acceptors (Lipinski definition) is 5. The van der Waals surface area contributed by atoms with Gasteiger partial charge in [-0.15, -0.1) is 0 Å². The van der Waals surface area contributed by atoms with E-state index in [0.29, 0.717) is 5.56 Å². The first-order valence-electron chi connectivity index (χ1n) is 7.56. The van der Waals surface area contributed by atoms with E-state index in [9.17, 15) is 13.9 Å². The van der Waals surface area contributed by atoms with Crippen LogP contribution in [0.15, 0.2) is 18.2 Å². The average Bonchev–Trinajstić information content (AvgIpc) is 2.46. The lowest BCUT2D eigenvalue weighted by Gasteiger charge is -2.37. The summed E-state index contributed by atoms with van der Waals surface area (Å²) in [6.45, 7) is 4.30. The van der Waals surface area contributed by atoms with E-state index in [-0.39, 0.29) is 25.8 Å². The van der Waals surface area contributed by atoms with Gasteiger partial charge in [0.05, 0.1) is 24.4 Å². The van der Waals surface area contributed by atoms with Crippen molar-refractivity contribution in [1.29, 1.82) is 0 Å². The van der Waals surface area contributed by atoms with Crippen molar-refractivity contribution in [2.75, 3.05) is 13.9 Å². The molecule has 0 aliphatic heterocycles. The van der Waals surface area contributed by atoms with Gasteiger partial charge >= 0.3 is 6.61 Å². The van der Waals surface area contributed by atoms with Crippen LogP contribution >= 0.6 is 0 Å². The Balaban J connectivity index is 2.86. The molecule has 7 heteroatoms. The molecule has 0 aromatic heterocycles. The molecule has 0 fully saturated rings. The van der Waals surface area contributed by atoms with Crippen molar-refractivity contribution in [3.8, 4) is 5.75 Å². The van der Waals surface area contributed by atoms with Gasteiger partial charge in [0.15, 0.2) is 0 Å². The Kier molecular flexibility index (Phi) is 7.54. The van der Waals surface area contributed by atoms with Crippen LogP contribution in [0.1, 0.15) is 38.8 Å². The minimum atomic E-state index is -2.91. The molecule has 0 saturated heterocycles. The molecule has 5 nitrogen and oxygen atoms in total. The molecule has 0 amide bonds. The zero-order valence-electron chi connectivity index (χ0n) is 14.8. The number of hydrogen-bond donors (Lipinski definition) is 1. The zero-order chi connectivity index (χ0) is 18.4. The van der Waals surface area contributed by atoms with Crippen LogP contribution < -0.4 is 4.74 Å². The van der Waals surface area contributed by atoms with E-state index in [1.54, 1.807) is 39.8 Å². The third kappa shape index (κ3) is 6.32. The summed E-state index contributed by atoms with van der Waals surface area (Å²) >= 11 is 0. The minimum absolute atomic E-state index is 0.0422. The summed E-state index contributed by atoms with van der Waals surface area (Å²) in [4.78, 5) is 0. The van der Waals surface area contributed by atoms with E-state index >= 15 is 0 Å². The lowest BCUT2D eigenvalue weighted by Crippen LogP contribution is -2.47. The Morgan fingerprint density at radius 2 is 1.79 bits per heavy atom. The molecular weight excluding hydrogens is 322 g/mol. The molecule has 0 atom stereocenters. The van der Waals surface area contributed by atoms with Gasteiger partial charge in [-0.1, -0.05) is 6.07 Å². The third-order valence-electron chi connectivity index (χ3n) is 3.87. The standard InChI is InChI=1S/C17H26F2O5/c1-16(2,20)17(3,4)23-9-12-6-7-14(24-15(18)19)13(8-12)10-22-11-21-5/h6-8,15,20H,9-11H2,1-5H3. The highest BCUT2D eigenvalue weighted by atomic mass is 19.3. The van der Waals surface area contributed by atoms with Crippen LogP contribution in [0.3, 0.4) is 0 Å². The van der Waals surface area contributed by atoms with Crippen molar-refractivity contribution in [3.63, 3.8) is 0 Å². The summed E-state index contributed by atoms with van der Waals surface area (Å²) in [5, 5.41) is 10.1. The first-order chi connectivity index (χ1) is 11.1. The first kappa shape index (κ1) is 20.8. The molecule has 0 aliphatic carbocycles. The van der Waals surface area contributed by atoms with Gasteiger partial charge in [0.1, 0.15) is 12.5 Å². The van der Waals surface area contributed by atoms with Gasteiger partial charge in [0.2, 0.25) is 0 Å². The molecule has 0 heterocycles. The molecule has 138 valence electrons. The van der Waals surface area contributed by atoms with Crippen molar-refractivity contribution >= 4 is 0 Å². The van der Waals surface area contributed by atoms with Crippen LogP contribution in [0.5, 0.6) is 5.75 Å². The first-order valence-corrected chi connectivity index (χ1v) is 7.56. The summed E-state index contributed by atoms with van der Waals surface area (Å²) < 4.78 is 45.2. The maximum atomic E-state index is 12.5. The van der Waals surface area contributed by atoms with Crippen LogP contribution in [-0.2, 0) is 27.4 Å². The van der Waals surface area contributed by atoms with Crippen LogP contribution in [0.25, 0.3) is 0 Å². The van der Waals surface area contributed by atoms with Gasteiger partial charge in [-0.3, -0.25) is 0 Å². The Hall–Kier alpha value is -1.28. The fourth-order valence-electron chi connectivity index (χ4n) is 1.72. The maximum Gasteiger partial charge on any atom is 0.387 e. The molecule has 1 aromatic carbocycles. The van der Waals surface area contributed by atoms with E-state index in [4.69, 9.17) is 14.2 Å². The van der Waals surface area contributed by atoms with Gasteiger partial charge in [-0.2, -0.15) is 8.78 Å². The number of alkyl halides is 2. The highest BCUT2D eigenvalue weighted by Gasteiger charge is 2.36. The maximum absolute atomic E-state index is 12.5. The quantitative estimate of drug-likeness (QED) is 0.518. The minimum Gasteiger partial charge on any atom is -0.434 e. The molecule has 1 rings (SSSR count). The zero-order valence-corrected chi connectivity index (χ0v) is 14.8. The molecule has 0 saturated carbocycles. The van der Waals surface area contributed by atoms with Gasteiger partial charge in [0.25, 0.3) is 0 Å². The third-order valence-corrected chi connectivity index (χ3v) is 3.87. The molecule has 0 aliphatic rings. The van der Waals surface area contributed by atoms with E-state index < -0.39 is 17.8 Å². The number of rotatable bonds is 10. The van der Waals surface area contributed by atoms with Crippen LogP contribution in [0, 0.1) is 0 Å². The van der Waals surface area contributed by atoms with E-state index in [1.165, 1.54) is 13.2 Å². The number of benzene rings is 1. The number of aliphatic hydroxyl groups is 1. The van der Waals surface area contributed by atoms with Crippen molar-refractivity contribution in [1.82, 2.24) is 0 Å². The second-order valence-electron chi connectivity index (χ2n) is 6.43. The molecule has 0 bridgehead atoms. The fourth-order valence-corrected chi connectivity index (χ4v) is 1.72. The number of ether oxygens (including phenoxy) is 4. The molecule has 0 unspecified atom stereocenters. The van der Waals surface area contributed by atoms with Crippen LogP contribution in [-0.4, -0.2) is 36.8 Å². The largest absolute Gasteiger partial charge is 0.434 e. The summed E-state index contributed by atoms with van der Waals surface area (Å²) in [7, 11) is 1.47. The summed E-state index contributed by atoms with van der Waals surface area (Å²) in [6.07, 6.45) is 0. The van der Waals surface area contributed by atoms with Crippen LogP contribution in [0.4, 0.5) is 8.78 Å². The van der Waals surface area contributed by atoms with Crippen molar-refractivity contribution in [3.05, 3.63) is 29.3 Å². The topological polar surface area (TPSA) is 57.2 Å². The Labute approximate surface area is 141 Å². The predicted octanol–water partition coefficient (Wildman–Crippen LogP) is 3.47. The predicted molar refractivity (Wildman–Crippen MR) is 84.9 cm³/mol. The van der Waals surface area contributed by atoms with Gasteiger partial charge in [-0.25, -0.2) is 0 Å². The second kappa shape index (κ2) is 8.71. The molecule has 0 spiro atoms. The lowest BCUT2D eigenvalue weighted by molar-refractivity contribution is -0.153. The van der Waals surface area contributed by atoms with Gasteiger partial charge in [0, 0.05) is 12.7 Å². The average molecular weight is 348 g/mol. The summed E-state index contributed by atoms with van der Waals surface area (Å²) in [5.74, 6) is 0.0478. The molecule has 1 aromatic rings. The normalized spacial score (nSPS) is 12.7. The van der Waals surface area contributed by atoms with E-state index in [1.807, 2.05) is 0 Å². The highest BCUT2D eigenvalue weighted by Crippen LogP contribution is 2.28. The monoisotopic (exact) mass is 348 g/mol. The van der Waals surface area contributed by atoms with Crippen LogP contribution in [0.2, 0.25) is 0 Å². The van der Waals surface area contributed by atoms with Crippen molar-refractivity contribution in [2.45, 2.75) is 58.7 Å². The summed E-state index contributed by atoms with van der Waals surface area (Å²) in [6, 6.07) is 4.76. The highest BCUT2D eigenvalue weighted by molar-refractivity contribution is 5.36. The van der Waals surface area contributed by atoms with E-state index in [0.717, 1.165) is 5.56 Å². The SMILES string of the molecule is COCOCc1cc(COC(C)(C)C(C)(C)O)ccc1OC(F)F. The Morgan fingerprint density at radius 3 is 2.33 bits per heavy atom. The lowest BCUT2D eigenvalue weighted by atomic mass is 9.89. The van der Waals surface area contributed by atoms with E-state index in [2.05, 4.69) is 4.74 Å².